The highest BCUT2D eigenvalue weighted by Crippen LogP contribution is 2.39. The summed E-state index contributed by atoms with van der Waals surface area (Å²) in [4.78, 5) is 26.8. The molecule has 0 bridgehead atoms. The summed E-state index contributed by atoms with van der Waals surface area (Å²) in [5, 5.41) is 5.80. The molecule has 1 fully saturated rings. The zero-order valence-electron chi connectivity index (χ0n) is 15.0. The quantitative estimate of drug-likeness (QED) is 0.660. The van der Waals surface area contributed by atoms with Crippen LogP contribution in [-0.4, -0.2) is 56.4 Å². The predicted octanol–water partition coefficient (Wildman–Crippen LogP) is 1.74. The summed E-state index contributed by atoms with van der Waals surface area (Å²) in [6, 6.07) is 2.64. The summed E-state index contributed by atoms with van der Waals surface area (Å²) in [7, 11) is 2.70. The van der Waals surface area contributed by atoms with Gasteiger partial charge in [-0.1, -0.05) is 0 Å². The van der Waals surface area contributed by atoms with E-state index >= 15 is 0 Å². The van der Waals surface area contributed by atoms with E-state index < -0.39 is 23.8 Å². The van der Waals surface area contributed by atoms with Gasteiger partial charge in [0.2, 0.25) is 0 Å². The van der Waals surface area contributed by atoms with Crippen LogP contribution in [0, 0.1) is 0 Å². The van der Waals surface area contributed by atoms with E-state index in [2.05, 4.69) is 20.4 Å². The first-order valence-corrected chi connectivity index (χ1v) is 8.33. The molecule has 1 aromatic heterocycles. The van der Waals surface area contributed by atoms with Crippen molar-refractivity contribution in [3.8, 4) is 17.2 Å². The molecule has 0 radical (unpaired) electrons. The average Bonchev–Trinajstić information content (AvgIpc) is 3.28. The minimum absolute atomic E-state index is 0.0449. The van der Waals surface area contributed by atoms with E-state index in [1.165, 1.54) is 26.4 Å². The van der Waals surface area contributed by atoms with Crippen molar-refractivity contribution in [3.05, 3.63) is 17.8 Å². The molecule has 1 amide bonds. The number of rotatable bonds is 5. The molecule has 0 aliphatic carbocycles. The first-order chi connectivity index (χ1) is 13.2. The lowest BCUT2D eigenvalue weighted by Crippen LogP contribution is -2.37. The number of H-pyrrole nitrogens is 1. The number of benzene rings is 1. The van der Waals surface area contributed by atoms with E-state index in [1.807, 2.05) is 0 Å². The van der Waals surface area contributed by atoms with Crippen molar-refractivity contribution in [2.75, 3.05) is 27.3 Å². The number of nitrogens with one attached hydrogen (secondary N) is 3. The molecule has 1 saturated heterocycles. The number of hydrogen-bond donors (Lipinski definition) is 3. The minimum atomic E-state index is -5.23. The normalized spacial score (nSPS) is 16.8. The van der Waals surface area contributed by atoms with Crippen LogP contribution in [0.4, 0.5) is 13.2 Å². The fraction of sp³-hybridized carbons (Fsp3) is 0.412. The molecule has 2 heterocycles. The zero-order chi connectivity index (χ0) is 20.5. The minimum Gasteiger partial charge on any atom is -0.497 e. The second kappa shape index (κ2) is 7.58. The van der Waals surface area contributed by atoms with E-state index in [1.54, 1.807) is 0 Å². The summed E-state index contributed by atoms with van der Waals surface area (Å²) in [5.41, 5.74) is -0.117. The lowest BCUT2D eigenvalue weighted by molar-refractivity contribution is -0.189. The molecule has 0 saturated carbocycles. The van der Waals surface area contributed by atoms with Gasteiger partial charge in [0.25, 0.3) is 5.91 Å². The molecule has 8 nitrogen and oxygen atoms in total. The topological polar surface area (TPSA) is 102 Å². The first kappa shape index (κ1) is 19.8. The standard InChI is InChI=1S/C17H18F3N3O5/c1-26-9-5-10-12(11(6-9)27-2)23-13(14(10)28-16(25)17(18,19)20)15(24)22-8-3-4-21-7-8/h5-6,8,21,23H,3-4,7H2,1-2H3,(H,22,24). The van der Waals surface area contributed by atoms with Gasteiger partial charge in [-0.25, -0.2) is 4.79 Å². The number of carbonyl (C=O) groups excluding carboxylic acids is 2. The Morgan fingerprint density at radius 1 is 1.21 bits per heavy atom. The molecular weight excluding hydrogens is 383 g/mol. The molecule has 3 N–H and O–H groups in total. The Morgan fingerprint density at radius 3 is 2.54 bits per heavy atom. The number of esters is 1. The second-order valence-corrected chi connectivity index (χ2v) is 6.13. The van der Waals surface area contributed by atoms with Crippen LogP contribution in [0.25, 0.3) is 10.9 Å². The number of amides is 1. The van der Waals surface area contributed by atoms with Crippen molar-refractivity contribution in [1.82, 2.24) is 15.6 Å². The van der Waals surface area contributed by atoms with Crippen molar-refractivity contribution in [1.29, 1.82) is 0 Å². The number of hydrogen-bond acceptors (Lipinski definition) is 6. The Bertz CT molecular complexity index is 904. The van der Waals surface area contributed by atoms with Gasteiger partial charge in [-0.3, -0.25) is 4.79 Å². The maximum Gasteiger partial charge on any atom is 0.491 e. The smallest absolute Gasteiger partial charge is 0.491 e. The molecule has 28 heavy (non-hydrogen) atoms. The van der Waals surface area contributed by atoms with Crippen LogP contribution in [0.1, 0.15) is 16.9 Å². The Hall–Kier alpha value is -2.95. The Balaban J connectivity index is 2.10. The van der Waals surface area contributed by atoms with Crippen molar-refractivity contribution < 1.29 is 37.0 Å². The summed E-state index contributed by atoms with van der Waals surface area (Å²) in [6.45, 7) is 1.24. The van der Waals surface area contributed by atoms with Gasteiger partial charge in [-0.15, -0.1) is 0 Å². The second-order valence-electron chi connectivity index (χ2n) is 6.13. The lowest BCUT2D eigenvalue weighted by atomic mass is 10.2. The number of fused-ring (bicyclic) bond motifs is 1. The molecule has 152 valence electrons. The number of alkyl halides is 3. The van der Waals surface area contributed by atoms with Gasteiger partial charge in [0.05, 0.1) is 25.1 Å². The van der Waals surface area contributed by atoms with Gasteiger partial charge in [0.1, 0.15) is 17.2 Å². The van der Waals surface area contributed by atoms with Crippen LogP contribution in [0.5, 0.6) is 17.2 Å². The number of carbonyl (C=O) groups is 2. The van der Waals surface area contributed by atoms with Crippen molar-refractivity contribution in [2.24, 2.45) is 0 Å². The molecule has 1 unspecified atom stereocenters. The number of aromatic nitrogens is 1. The number of halogens is 3. The highest BCUT2D eigenvalue weighted by atomic mass is 19.4. The average molecular weight is 401 g/mol. The summed E-state index contributed by atoms with van der Waals surface area (Å²) < 4.78 is 53.1. The van der Waals surface area contributed by atoms with Gasteiger partial charge >= 0.3 is 12.1 Å². The highest BCUT2D eigenvalue weighted by molar-refractivity contribution is 6.06. The van der Waals surface area contributed by atoms with E-state index in [4.69, 9.17) is 9.47 Å². The van der Waals surface area contributed by atoms with Gasteiger partial charge in [0, 0.05) is 18.7 Å². The maximum absolute atomic E-state index is 12.7. The van der Waals surface area contributed by atoms with Gasteiger partial charge < -0.3 is 29.8 Å². The van der Waals surface area contributed by atoms with Gasteiger partial charge in [0.15, 0.2) is 5.75 Å². The van der Waals surface area contributed by atoms with Crippen LogP contribution >= 0.6 is 0 Å². The zero-order valence-corrected chi connectivity index (χ0v) is 15.0. The maximum atomic E-state index is 12.7. The lowest BCUT2D eigenvalue weighted by Gasteiger charge is -2.12. The number of ether oxygens (including phenoxy) is 3. The molecule has 1 aliphatic rings. The number of aromatic amines is 1. The van der Waals surface area contributed by atoms with Gasteiger partial charge in [-0.05, 0) is 19.0 Å². The highest BCUT2D eigenvalue weighted by Gasteiger charge is 2.42. The summed E-state index contributed by atoms with van der Waals surface area (Å²) in [5.74, 6) is -3.22. The largest absolute Gasteiger partial charge is 0.497 e. The SMILES string of the molecule is COc1cc(OC)c2[nH]c(C(=O)NC3CCNC3)c(OC(=O)C(F)(F)F)c2c1. The predicted molar refractivity (Wildman–Crippen MR) is 91.8 cm³/mol. The van der Waals surface area contributed by atoms with Crippen molar-refractivity contribution in [3.63, 3.8) is 0 Å². The van der Waals surface area contributed by atoms with Crippen LogP contribution in [0.15, 0.2) is 12.1 Å². The Labute approximate surface area is 157 Å². The fourth-order valence-electron chi connectivity index (χ4n) is 2.95. The Morgan fingerprint density at radius 2 is 1.96 bits per heavy atom. The molecule has 1 aromatic carbocycles. The Kier molecular flexibility index (Phi) is 5.36. The van der Waals surface area contributed by atoms with E-state index in [9.17, 15) is 22.8 Å². The van der Waals surface area contributed by atoms with Crippen LogP contribution in [0.2, 0.25) is 0 Å². The molecular formula is C17H18F3N3O5. The monoisotopic (exact) mass is 401 g/mol. The summed E-state index contributed by atoms with van der Waals surface area (Å²) >= 11 is 0. The number of methoxy groups -OCH3 is 2. The van der Waals surface area contributed by atoms with E-state index in [0.29, 0.717) is 19.5 Å². The first-order valence-electron chi connectivity index (χ1n) is 8.33. The van der Waals surface area contributed by atoms with E-state index in [0.717, 1.165) is 0 Å². The van der Waals surface area contributed by atoms with Crippen molar-refractivity contribution >= 4 is 22.8 Å². The molecule has 11 heteroatoms. The van der Waals surface area contributed by atoms with Crippen LogP contribution in [0.3, 0.4) is 0 Å². The molecule has 0 spiro atoms. The van der Waals surface area contributed by atoms with Crippen molar-refractivity contribution in [2.45, 2.75) is 18.6 Å². The summed E-state index contributed by atoms with van der Waals surface area (Å²) in [6.07, 6.45) is -4.56. The fourth-order valence-corrected chi connectivity index (χ4v) is 2.95. The third-order valence-corrected chi connectivity index (χ3v) is 4.30. The van der Waals surface area contributed by atoms with E-state index in [-0.39, 0.29) is 34.1 Å². The van der Waals surface area contributed by atoms with Crippen LogP contribution in [-0.2, 0) is 4.79 Å². The molecule has 3 rings (SSSR count). The molecule has 1 aliphatic heterocycles. The van der Waals surface area contributed by atoms with Crippen LogP contribution < -0.4 is 24.8 Å². The third-order valence-electron chi connectivity index (χ3n) is 4.30. The molecule has 2 aromatic rings. The van der Waals surface area contributed by atoms with Gasteiger partial charge in [-0.2, -0.15) is 13.2 Å². The third kappa shape index (κ3) is 3.84. The molecule has 1 atom stereocenters.